The van der Waals surface area contributed by atoms with Gasteiger partial charge in [-0.1, -0.05) is 25.8 Å². The van der Waals surface area contributed by atoms with Gasteiger partial charge in [0.25, 0.3) is 0 Å². The molecule has 1 aromatic carbocycles. The van der Waals surface area contributed by atoms with E-state index in [9.17, 15) is 9.90 Å². The van der Waals surface area contributed by atoms with Crippen molar-refractivity contribution in [3.63, 3.8) is 0 Å². The van der Waals surface area contributed by atoms with E-state index in [1.54, 1.807) is 0 Å². The number of phenols is 1. The molecule has 0 saturated heterocycles. The normalized spacial score (nSPS) is 22.9. The zero-order chi connectivity index (χ0) is 19.6. The van der Waals surface area contributed by atoms with Gasteiger partial charge in [0.15, 0.2) is 0 Å². The van der Waals surface area contributed by atoms with Crippen LogP contribution in [-0.2, 0) is 16.0 Å². The highest BCUT2D eigenvalue weighted by Gasteiger charge is 2.46. The second kappa shape index (κ2) is 7.95. The minimum atomic E-state index is -0.296. The van der Waals surface area contributed by atoms with Crippen LogP contribution in [0.4, 0.5) is 0 Å². The first-order chi connectivity index (χ1) is 12.8. The largest absolute Gasteiger partial charge is 0.508 e. The third kappa shape index (κ3) is 4.31. The molecule has 27 heavy (non-hydrogen) atoms. The van der Waals surface area contributed by atoms with E-state index in [1.165, 1.54) is 19.8 Å². The number of ether oxygens (including phenoxy) is 2. The SMILES string of the molecule is CCCCCc1cc(O)c2c(c1)OC(C)(C)C1CC=C(COC(C)=O)CC21. The number of unbranched alkanes of at least 4 members (excludes halogenated alkanes) is 2. The van der Waals surface area contributed by atoms with Crippen molar-refractivity contribution in [2.24, 2.45) is 5.92 Å². The van der Waals surface area contributed by atoms with Crippen molar-refractivity contribution in [2.75, 3.05) is 6.61 Å². The fourth-order valence-corrected chi connectivity index (χ4v) is 4.56. The predicted molar refractivity (Wildman–Crippen MR) is 106 cm³/mol. The molecule has 2 atom stereocenters. The Balaban J connectivity index is 1.89. The van der Waals surface area contributed by atoms with Crippen LogP contribution in [0.3, 0.4) is 0 Å². The molecule has 0 fully saturated rings. The molecule has 0 amide bonds. The summed E-state index contributed by atoms with van der Waals surface area (Å²) in [7, 11) is 0. The Kier molecular flexibility index (Phi) is 5.83. The molecule has 4 nitrogen and oxygen atoms in total. The smallest absolute Gasteiger partial charge is 0.302 e. The Morgan fingerprint density at radius 2 is 2.11 bits per heavy atom. The number of fused-ring (bicyclic) bond motifs is 3. The van der Waals surface area contributed by atoms with E-state index in [4.69, 9.17) is 9.47 Å². The molecule has 0 bridgehead atoms. The third-order valence-electron chi connectivity index (χ3n) is 5.97. The van der Waals surface area contributed by atoms with Crippen LogP contribution in [0, 0.1) is 5.92 Å². The van der Waals surface area contributed by atoms with Crippen LogP contribution < -0.4 is 4.74 Å². The van der Waals surface area contributed by atoms with Gasteiger partial charge in [-0.25, -0.2) is 0 Å². The number of carbonyl (C=O) groups is 1. The lowest BCUT2D eigenvalue weighted by Crippen LogP contribution is -2.45. The van der Waals surface area contributed by atoms with Gasteiger partial charge in [0.1, 0.15) is 23.7 Å². The van der Waals surface area contributed by atoms with Crippen LogP contribution in [0.25, 0.3) is 0 Å². The van der Waals surface area contributed by atoms with Crippen molar-refractivity contribution in [1.29, 1.82) is 0 Å². The molecular formula is C23H32O4. The van der Waals surface area contributed by atoms with Crippen LogP contribution >= 0.6 is 0 Å². The van der Waals surface area contributed by atoms with E-state index in [1.807, 2.05) is 6.07 Å². The van der Waals surface area contributed by atoms with Gasteiger partial charge >= 0.3 is 5.97 Å². The van der Waals surface area contributed by atoms with Crippen molar-refractivity contribution >= 4 is 5.97 Å². The first kappa shape index (κ1) is 19.8. The highest BCUT2D eigenvalue weighted by Crippen LogP contribution is 2.54. The van der Waals surface area contributed by atoms with Crippen molar-refractivity contribution in [2.45, 2.75) is 77.7 Å². The molecule has 0 saturated carbocycles. The molecule has 148 valence electrons. The summed E-state index contributed by atoms with van der Waals surface area (Å²) in [5.41, 5.74) is 2.89. The quantitative estimate of drug-likeness (QED) is 0.419. The molecule has 3 rings (SSSR count). The molecule has 2 unspecified atom stereocenters. The van der Waals surface area contributed by atoms with Crippen LogP contribution in [0.2, 0.25) is 0 Å². The molecule has 1 aliphatic carbocycles. The van der Waals surface area contributed by atoms with Gasteiger partial charge in [-0.3, -0.25) is 4.79 Å². The summed E-state index contributed by atoms with van der Waals surface area (Å²) in [6.45, 7) is 8.24. The molecule has 2 aliphatic rings. The maximum absolute atomic E-state index is 11.2. The van der Waals surface area contributed by atoms with E-state index in [-0.39, 0.29) is 17.5 Å². The van der Waals surface area contributed by atoms with E-state index in [2.05, 4.69) is 32.9 Å². The van der Waals surface area contributed by atoms with Gasteiger partial charge in [-0.2, -0.15) is 0 Å². The van der Waals surface area contributed by atoms with Crippen LogP contribution in [0.5, 0.6) is 11.5 Å². The lowest BCUT2D eigenvalue weighted by molar-refractivity contribution is -0.140. The van der Waals surface area contributed by atoms with Gasteiger partial charge in [-0.05, 0) is 62.8 Å². The molecule has 0 radical (unpaired) electrons. The number of esters is 1. The maximum Gasteiger partial charge on any atom is 0.302 e. The first-order valence-corrected chi connectivity index (χ1v) is 10.2. The molecule has 1 N–H and O–H groups in total. The Hall–Kier alpha value is -1.97. The first-order valence-electron chi connectivity index (χ1n) is 10.2. The number of allylic oxidation sites excluding steroid dienone is 1. The molecule has 0 spiro atoms. The summed E-state index contributed by atoms with van der Waals surface area (Å²) in [5, 5.41) is 10.8. The lowest BCUT2D eigenvalue weighted by atomic mass is 9.67. The number of hydrogen-bond acceptors (Lipinski definition) is 4. The van der Waals surface area contributed by atoms with Gasteiger partial charge in [0.2, 0.25) is 0 Å². The minimum Gasteiger partial charge on any atom is -0.508 e. The fraction of sp³-hybridized carbons (Fsp3) is 0.609. The average Bonchev–Trinajstić information content (AvgIpc) is 2.59. The topological polar surface area (TPSA) is 55.8 Å². The molecule has 1 aromatic rings. The van der Waals surface area contributed by atoms with Crippen molar-refractivity contribution < 1.29 is 19.4 Å². The van der Waals surface area contributed by atoms with Crippen LogP contribution in [0.15, 0.2) is 23.8 Å². The summed E-state index contributed by atoms with van der Waals surface area (Å²) in [5.74, 6) is 1.39. The number of carbonyl (C=O) groups excluding carboxylic acids is 1. The minimum absolute atomic E-state index is 0.184. The van der Waals surface area contributed by atoms with E-state index in [0.29, 0.717) is 18.3 Å². The van der Waals surface area contributed by atoms with E-state index in [0.717, 1.165) is 48.1 Å². The second-order valence-electron chi connectivity index (χ2n) is 8.48. The monoisotopic (exact) mass is 372 g/mol. The summed E-state index contributed by atoms with van der Waals surface area (Å²) >= 11 is 0. The predicted octanol–water partition coefficient (Wildman–Crippen LogP) is 5.28. The van der Waals surface area contributed by atoms with Gasteiger partial charge in [0, 0.05) is 24.3 Å². The molecule has 1 heterocycles. The standard InChI is InChI=1S/C23H32O4/c1-5-6-7-8-16-12-20(25)22-18-11-17(14-26-15(2)24)9-10-19(18)23(3,4)27-21(22)13-16/h9,12-13,18-19,25H,5-8,10-11,14H2,1-4H3. The van der Waals surface area contributed by atoms with Gasteiger partial charge in [-0.15, -0.1) is 0 Å². The second-order valence-corrected chi connectivity index (χ2v) is 8.48. The molecule has 1 aliphatic heterocycles. The van der Waals surface area contributed by atoms with Crippen LogP contribution in [-0.4, -0.2) is 23.3 Å². The zero-order valence-corrected chi connectivity index (χ0v) is 17.0. The molecular weight excluding hydrogens is 340 g/mol. The number of rotatable bonds is 6. The number of phenolic OH excluding ortho intramolecular Hbond substituents is 1. The third-order valence-corrected chi connectivity index (χ3v) is 5.97. The highest BCUT2D eigenvalue weighted by molar-refractivity contribution is 5.66. The summed E-state index contributed by atoms with van der Waals surface area (Å²) < 4.78 is 11.6. The zero-order valence-electron chi connectivity index (χ0n) is 17.0. The van der Waals surface area contributed by atoms with E-state index < -0.39 is 0 Å². The van der Waals surface area contributed by atoms with Crippen molar-refractivity contribution in [1.82, 2.24) is 0 Å². The average molecular weight is 373 g/mol. The Labute approximate surface area is 162 Å². The van der Waals surface area contributed by atoms with Crippen LogP contribution in [0.1, 0.15) is 76.8 Å². The summed E-state index contributed by atoms with van der Waals surface area (Å²) in [4.78, 5) is 11.2. The Morgan fingerprint density at radius 1 is 1.33 bits per heavy atom. The Morgan fingerprint density at radius 3 is 2.81 bits per heavy atom. The van der Waals surface area contributed by atoms with Gasteiger partial charge in [0.05, 0.1) is 0 Å². The summed E-state index contributed by atoms with van der Waals surface area (Å²) in [6.07, 6.45) is 8.30. The molecule has 0 aromatic heterocycles. The summed E-state index contributed by atoms with van der Waals surface area (Å²) in [6, 6.07) is 4.03. The van der Waals surface area contributed by atoms with Crippen molar-refractivity contribution in [3.05, 3.63) is 34.9 Å². The number of aryl methyl sites for hydroxylation is 1. The lowest BCUT2D eigenvalue weighted by Gasteiger charge is -2.47. The van der Waals surface area contributed by atoms with E-state index >= 15 is 0 Å². The van der Waals surface area contributed by atoms with Gasteiger partial charge < -0.3 is 14.6 Å². The molecule has 4 heteroatoms. The maximum atomic E-state index is 11.2. The Bertz CT molecular complexity index is 732. The fourth-order valence-electron chi connectivity index (χ4n) is 4.56. The number of benzene rings is 1. The highest BCUT2D eigenvalue weighted by atomic mass is 16.5. The number of hydrogen-bond donors (Lipinski definition) is 1. The van der Waals surface area contributed by atoms with Crippen molar-refractivity contribution in [3.8, 4) is 11.5 Å². The number of aromatic hydroxyl groups is 1.